The lowest BCUT2D eigenvalue weighted by atomic mass is 10.3. The molecule has 0 atom stereocenters. The zero-order chi connectivity index (χ0) is 13.3. The number of carbonyl (C=O) groups is 2. The van der Waals surface area contributed by atoms with Crippen LogP contribution in [0.4, 0.5) is 0 Å². The molecule has 0 aliphatic heterocycles. The van der Waals surface area contributed by atoms with Crippen LogP contribution in [-0.4, -0.2) is 24.3 Å². The molecule has 0 amide bonds. The molecule has 17 heavy (non-hydrogen) atoms. The number of esters is 1. The van der Waals surface area contributed by atoms with Gasteiger partial charge in [0.15, 0.2) is 0 Å². The molecule has 0 aromatic heterocycles. The first-order valence-electron chi connectivity index (χ1n) is 5.53. The monoisotopic (exact) mass is 241 g/mol. The van der Waals surface area contributed by atoms with Crippen LogP contribution in [0.1, 0.15) is 40.0 Å². The van der Waals surface area contributed by atoms with Gasteiger partial charge in [-0.3, -0.25) is 0 Å². The predicted molar refractivity (Wildman–Crippen MR) is 64.5 cm³/mol. The van der Waals surface area contributed by atoms with Crippen molar-refractivity contribution < 1.29 is 19.2 Å². The van der Waals surface area contributed by atoms with Gasteiger partial charge in [0.2, 0.25) is 0 Å². The topological polar surface area (TPSA) is 65.0 Å². The fourth-order valence-corrected chi connectivity index (χ4v) is 0.744. The van der Waals surface area contributed by atoms with Crippen LogP contribution in [0.3, 0.4) is 0 Å². The van der Waals surface area contributed by atoms with Crippen LogP contribution in [0.5, 0.6) is 0 Å². The van der Waals surface area contributed by atoms with Gasteiger partial charge in [0.1, 0.15) is 0 Å². The Morgan fingerprint density at radius 3 is 2.47 bits per heavy atom. The third-order valence-electron chi connectivity index (χ3n) is 1.92. The van der Waals surface area contributed by atoms with E-state index in [2.05, 4.69) is 16.6 Å². The zero-order valence-corrected chi connectivity index (χ0v) is 10.6. The van der Waals surface area contributed by atoms with Crippen molar-refractivity contribution in [1.29, 1.82) is 0 Å². The van der Waals surface area contributed by atoms with Crippen LogP contribution in [0, 0.1) is 0 Å². The highest BCUT2D eigenvalue weighted by Gasteiger charge is 2.05. The zero-order valence-electron chi connectivity index (χ0n) is 10.6. The van der Waals surface area contributed by atoms with Gasteiger partial charge in [0.25, 0.3) is 0 Å². The molecule has 0 rings (SSSR count). The third-order valence-corrected chi connectivity index (χ3v) is 1.92. The van der Waals surface area contributed by atoms with E-state index < -0.39 is 11.9 Å². The molecule has 0 aliphatic rings. The molecule has 0 aromatic rings. The third kappa shape index (κ3) is 8.19. The summed E-state index contributed by atoms with van der Waals surface area (Å²) < 4.78 is 4.82. The highest BCUT2D eigenvalue weighted by Crippen LogP contribution is 1.98. The number of hydrogen-bond donors (Lipinski definition) is 0. The van der Waals surface area contributed by atoms with Gasteiger partial charge in [-0.15, -0.1) is 0 Å². The lowest BCUT2D eigenvalue weighted by Gasteiger charge is -2.03. The fraction of sp³-hybridized carbons (Fsp3) is 0.583. The first-order valence-corrected chi connectivity index (χ1v) is 5.53. The summed E-state index contributed by atoms with van der Waals surface area (Å²) in [7, 11) is 0. The molecule has 0 bridgehead atoms. The van der Waals surface area contributed by atoms with Gasteiger partial charge in [-0.25, -0.2) is 9.59 Å². The minimum absolute atomic E-state index is 0.171. The van der Waals surface area contributed by atoms with E-state index in [0.717, 1.165) is 12.1 Å². The molecule has 0 aromatic carbocycles. The molecule has 5 heteroatoms. The second-order valence-electron chi connectivity index (χ2n) is 3.66. The Hall–Kier alpha value is -1.65. The number of hydrogen-bond acceptors (Lipinski definition) is 5. The van der Waals surface area contributed by atoms with E-state index in [9.17, 15) is 9.59 Å². The Morgan fingerprint density at radius 1 is 1.29 bits per heavy atom. The van der Waals surface area contributed by atoms with E-state index in [1.54, 1.807) is 13.8 Å². The largest absolute Gasteiger partial charge is 0.462 e. The minimum Gasteiger partial charge on any atom is -0.462 e. The van der Waals surface area contributed by atoms with E-state index >= 15 is 0 Å². The van der Waals surface area contributed by atoms with Crippen molar-refractivity contribution in [1.82, 2.24) is 0 Å². The quantitative estimate of drug-likeness (QED) is 0.171. The second kappa shape index (κ2) is 8.50. The molecule has 0 unspecified atom stereocenters. The first-order chi connectivity index (χ1) is 7.97. The highest BCUT2D eigenvalue weighted by molar-refractivity contribution is 5.86. The average molecular weight is 241 g/mol. The van der Waals surface area contributed by atoms with Crippen molar-refractivity contribution in [3.8, 4) is 0 Å². The molecule has 5 nitrogen and oxygen atoms in total. The Morgan fingerprint density at radius 2 is 1.94 bits per heavy atom. The fourth-order valence-electron chi connectivity index (χ4n) is 0.744. The standard InChI is InChI=1S/C12H19NO4/c1-5-10(4)13-17-11(14)7-6-8-16-12(15)9(2)3/h2,5-8H2,1,3-4H3/b13-10-. The Kier molecular flexibility index (Phi) is 7.67. The maximum Gasteiger partial charge on any atom is 0.335 e. The van der Waals surface area contributed by atoms with Crippen molar-refractivity contribution in [2.24, 2.45) is 5.16 Å². The van der Waals surface area contributed by atoms with Crippen molar-refractivity contribution in [3.63, 3.8) is 0 Å². The summed E-state index contributed by atoms with van der Waals surface area (Å²) in [5, 5.41) is 3.63. The van der Waals surface area contributed by atoms with Gasteiger partial charge in [0, 0.05) is 5.57 Å². The van der Waals surface area contributed by atoms with Crippen molar-refractivity contribution in [2.75, 3.05) is 6.61 Å². The van der Waals surface area contributed by atoms with E-state index in [4.69, 9.17) is 4.74 Å². The summed E-state index contributed by atoms with van der Waals surface area (Å²) in [6, 6.07) is 0. The molecular formula is C12H19NO4. The average Bonchev–Trinajstić information content (AvgIpc) is 2.30. The molecule has 0 N–H and O–H groups in total. The van der Waals surface area contributed by atoms with Crippen molar-refractivity contribution in [3.05, 3.63) is 12.2 Å². The number of oxime groups is 1. The molecule has 0 aliphatic carbocycles. The molecule has 0 heterocycles. The molecular weight excluding hydrogens is 222 g/mol. The van der Waals surface area contributed by atoms with E-state index in [1.807, 2.05) is 6.92 Å². The van der Waals surface area contributed by atoms with Gasteiger partial charge < -0.3 is 9.57 Å². The second-order valence-corrected chi connectivity index (χ2v) is 3.66. The number of nitrogens with zero attached hydrogens (tertiary/aromatic N) is 1. The van der Waals surface area contributed by atoms with E-state index in [0.29, 0.717) is 12.0 Å². The van der Waals surface area contributed by atoms with Crippen molar-refractivity contribution >= 4 is 17.7 Å². The van der Waals surface area contributed by atoms with Gasteiger partial charge in [-0.05, 0) is 26.7 Å². The summed E-state index contributed by atoms with van der Waals surface area (Å²) >= 11 is 0. The van der Waals surface area contributed by atoms with Gasteiger partial charge in [0.05, 0.1) is 18.7 Å². The number of ether oxygens (including phenoxy) is 1. The Balaban J connectivity index is 3.66. The normalized spacial score (nSPS) is 10.9. The lowest BCUT2D eigenvalue weighted by Crippen LogP contribution is -2.08. The predicted octanol–water partition coefficient (Wildman–Crippen LogP) is 2.21. The maximum atomic E-state index is 11.2. The smallest absolute Gasteiger partial charge is 0.335 e. The van der Waals surface area contributed by atoms with Crippen molar-refractivity contribution in [2.45, 2.75) is 40.0 Å². The molecule has 0 saturated carbocycles. The molecule has 0 fully saturated rings. The summed E-state index contributed by atoms with van der Waals surface area (Å²) in [5.74, 6) is -0.873. The maximum absolute atomic E-state index is 11.2. The summed E-state index contributed by atoms with van der Waals surface area (Å²) in [4.78, 5) is 26.8. The minimum atomic E-state index is -0.446. The van der Waals surface area contributed by atoms with Crippen LogP contribution >= 0.6 is 0 Å². The molecule has 96 valence electrons. The van der Waals surface area contributed by atoms with Gasteiger partial charge in [-0.2, -0.15) is 0 Å². The summed E-state index contributed by atoms with van der Waals surface area (Å²) in [6.07, 6.45) is 1.33. The van der Waals surface area contributed by atoms with Crippen LogP contribution in [-0.2, 0) is 19.2 Å². The number of rotatable bonds is 7. The van der Waals surface area contributed by atoms with Crippen LogP contribution < -0.4 is 0 Å². The Labute approximate surface area is 101 Å². The summed E-state index contributed by atoms with van der Waals surface area (Å²) in [5.41, 5.74) is 1.10. The molecule has 0 spiro atoms. The number of carbonyl (C=O) groups excluding carboxylic acids is 2. The van der Waals surface area contributed by atoms with E-state index in [-0.39, 0.29) is 13.0 Å². The Bertz CT molecular complexity index is 320. The van der Waals surface area contributed by atoms with E-state index in [1.165, 1.54) is 0 Å². The van der Waals surface area contributed by atoms with Crippen LogP contribution in [0.25, 0.3) is 0 Å². The molecule has 0 saturated heterocycles. The SMILES string of the molecule is C=C(C)C(=O)OCCCC(=O)O/N=C(/C)CC. The summed E-state index contributed by atoms with van der Waals surface area (Å²) in [6.45, 7) is 8.89. The highest BCUT2D eigenvalue weighted by atomic mass is 16.7. The first kappa shape index (κ1) is 15.3. The van der Waals surface area contributed by atoms with Gasteiger partial charge >= 0.3 is 11.9 Å². The van der Waals surface area contributed by atoms with Crippen LogP contribution in [0.2, 0.25) is 0 Å². The van der Waals surface area contributed by atoms with Gasteiger partial charge in [-0.1, -0.05) is 18.7 Å². The lowest BCUT2D eigenvalue weighted by molar-refractivity contribution is -0.146. The molecule has 0 radical (unpaired) electrons. The van der Waals surface area contributed by atoms with Crippen LogP contribution in [0.15, 0.2) is 17.3 Å².